The monoisotopic (exact) mass is 269 g/mol. The van der Waals surface area contributed by atoms with Gasteiger partial charge >= 0.3 is 6.03 Å². The van der Waals surface area contributed by atoms with Crippen LogP contribution in [0.3, 0.4) is 0 Å². The second-order valence-electron chi connectivity index (χ2n) is 5.49. The lowest BCUT2D eigenvalue weighted by molar-refractivity contribution is -0.132. The zero-order valence-corrected chi connectivity index (χ0v) is 11.4. The van der Waals surface area contributed by atoms with Crippen LogP contribution < -0.4 is 10.6 Å². The first-order valence-electron chi connectivity index (χ1n) is 7.12. The Bertz CT molecular complexity index is 353. The van der Waals surface area contributed by atoms with Gasteiger partial charge in [-0.15, -0.1) is 0 Å². The molecule has 1 spiro atoms. The highest BCUT2D eigenvalue weighted by Gasteiger charge is 2.52. The van der Waals surface area contributed by atoms with Crippen LogP contribution in [0.5, 0.6) is 0 Å². The van der Waals surface area contributed by atoms with E-state index in [4.69, 9.17) is 0 Å². The highest BCUT2D eigenvalue weighted by molar-refractivity contribution is 6.07. The smallest absolute Gasteiger partial charge is 0.325 e. The molecule has 6 nitrogen and oxygen atoms in total. The van der Waals surface area contributed by atoms with Crippen molar-refractivity contribution < 1.29 is 14.7 Å². The fraction of sp³-hybridized carbons (Fsp3) is 0.846. The zero-order chi connectivity index (χ0) is 13.9. The maximum atomic E-state index is 12.3. The van der Waals surface area contributed by atoms with Gasteiger partial charge < -0.3 is 15.7 Å². The van der Waals surface area contributed by atoms with Crippen molar-refractivity contribution in [3.8, 4) is 0 Å². The lowest BCUT2D eigenvalue weighted by atomic mass is 9.98. The maximum absolute atomic E-state index is 12.3. The Labute approximate surface area is 113 Å². The van der Waals surface area contributed by atoms with Crippen LogP contribution >= 0.6 is 0 Å². The number of hydrogen-bond acceptors (Lipinski definition) is 4. The van der Waals surface area contributed by atoms with Gasteiger partial charge in [0.15, 0.2) is 0 Å². The van der Waals surface area contributed by atoms with E-state index < -0.39 is 11.6 Å². The molecule has 1 heterocycles. The molecule has 1 atom stereocenters. The summed E-state index contributed by atoms with van der Waals surface area (Å²) in [5.74, 6) is -0.162. The average molecular weight is 269 g/mol. The van der Waals surface area contributed by atoms with E-state index in [2.05, 4.69) is 10.6 Å². The molecule has 1 saturated heterocycles. The molecule has 1 saturated carbocycles. The number of β-amino-alcohol motifs (C(OH)–C–C–N with tert-alkyl or cyclic N) is 1. The van der Waals surface area contributed by atoms with Crippen LogP contribution in [0.2, 0.25) is 0 Å². The third-order valence-electron chi connectivity index (χ3n) is 3.90. The second kappa shape index (κ2) is 5.88. The van der Waals surface area contributed by atoms with Gasteiger partial charge in [0.05, 0.1) is 12.6 Å². The summed E-state index contributed by atoms with van der Waals surface area (Å²) in [6.45, 7) is 3.34. The van der Waals surface area contributed by atoms with E-state index in [1.54, 1.807) is 0 Å². The van der Waals surface area contributed by atoms with Gasteiger partial charge in [-0.1, -0.05) is 19.8 Å². The third kappa shape index (κ3) is 2.90. The summed E-state index contributed by atoms with van der Waals surface area (Å²) in [6, 6.07) is -0.360. The van der Waals surface area contributed by atoms with Gasteiger partial charge in [-0.05, 0) is 25.8 Å². The maximum Gasteiger partial charge on any atom is 0.325 e. The number of carbonyl (C=O) groups excluding carboxylic acids is 2. The normalized spacial score (nSPS) is 23.2. The number of carbonyl (C=O) groups is 2. The van der Waals surface area contributed by atoms with Crippen molar-refractivity contribution in [2.75, 3.05) is 19.6 Å². The molecule has 1 aliphatic heterocycles. The summed E-state index contributed by atoms with van der Waals surface area (Å²) in [5, 5.41) is 15.8. The van der Waals surface area contributed by atoms with Crippen molar-refractivity contribution in [2.45, 2.75) is 50.7 Å². The molecule has 1 unspecified atom stereocenters. The summed E-state index contributed by atoms with van der Waals surface area (Å²) in [6.07, 6.45) is 3.66. The minimum atomic E-state index is -0.710. The Morgan fingerprint density at radius 2 is 2.11 bits per heavy atom. The van der Waals surface area contributed by atoms with Gasteiger partial charge in [-0.3, -0.25) is 9.69 Å². The molecule has 6 heteroatoms. The van der Waals surface area contributed by atoms with Crippen LogP contribution in [0.15, 0.2) is 0 Å². The number of nitrogens with zero attached hydrogens (tertiary/aromatic N) is 1. The Kier molecular flexibility index (Phi) is 4.42. The molecule has 2 fully saturated rings. The number of aliphatic hydroxyl groups is 1. The first-order valence-corrected chi connectivity index (χ1v) is 7.12. The second-order valence-corrected chi connectivity index (χ2v) is 5.49. The number of hydrogen-bond donors (Lipinski definition) is 3. The molecule has 3 N–H and O–H groups in total. The third-order valence-corrected chi connectivity index (χ3v) is 3.90. The van der Waals surface area contributed by atoms with Crippen molar-refractivity contribution in [1.29, 1.82) is 0 Å². The molecule has 3 amide bonds. The van der Waals surface area contributed by atoms with Crippen LogP contribution in [-0.4, -0.2) is 53.2 Å². The number of rotatable bonds is 6. The van der Waals surface area contributed by atoms with E-state index >= 15 is 0 Å². The first kappa shape index (κ1) is 14.3. The summed E-state index contributed by atoms with van der Waals surface area (Å²) in [5.41, 5.74) is -0.673. The lowest BCUT2D eigenvalue weighted by Gasteiger charge is -2.21. The van der Waals surface area contributed by atoms with Gasteiger partial charge in [0.25, 0.3) is 5.91 Å². The van der Waals surface area contributed by atoms with Gasteiger partial charge in [-0.25, -0.2) is 4.79 Å². The molecule has 19 heavy (non-hydrogen) atoms. The van der Waals surface area contributed by atoms with E-state index in [-0.39, 0.29) is 18.5 Å². The number of nitrogens with one attached hydrogen (secondary N) is 2. The highest BCUT2D eigenvalue weighted by atomic mass is 16.3. The fourth-order valence-corrected chi connectivity index (χ4v) is 2.88. The van der Waals surface area contributed by atoms with Crippen molar-refractivity contribution in [1.82, 2.24) is 15.5 Å². The minimum Gasteiger partial charge on any atom is -0.390 e. The van der Waals surface area contributed by atoms with E-state index in [0.717, 1.165) is 38.6 Å². The Morgan fingerprint density at radius 1 is 1.42 bits per heavy atom. The minimum absolute atomic E-state index is 0.0726. The van der Waals surface area contributed by atoms with E-state index in [9.17, 15) is 14.7 Å². The van der Waals surface area contributed by atoms with Crippen LogP contribution in [0.4, 0.5) is 4.79 Å². The summed E-state index contributed by atoms with van der Waals surface area (Å²) in [7, 11) is 0. The largest absolute Gasteiger partial charge is 0.390 e. The molecule has 0 bridgehead atoms. The zero-order valence-electron chi connectivity index (χ0n) is 11.4. The Balaban J connectivity index is 1.90. The molecule has 0 aromatic heterocycles. The SMILES string of the molecule is CCCNCC(O)CN1C(=O)NC2(CCCC2)C1=O. The molecular weight excluding hydrogens is 246 g/mol. The van der Waals surface area contributed by atoms with Crippen molar-refractivity contribution in [3.05, 3.63) is 0 Å². The number of urea groups is 1. The summed E-state index contributed by atoms with van der Waals surface area (Å²) >= 11 is 0. The van der Waals surface area contributed by atoms with Gasteiger partial charge in [-0.2, -0.15) is 0 Å². The molecule has 1 aliphatic carbocycles. The van der Waals surface area contributed by atoms with Gasteiger partial charge in [0.2, 0.25) is 0 Å². The molecule has 0 radical (unpaired) electrons. The average Bonchev–Trinajstić information content (AvgIpc) is 2.92. The molecule has 2 rings (SSSR count). The summed E-state index contributed by atoms with van der Waals surface area (Å²) in [4.78, 5) is 25.4. The number of aliphatic hydroxyl groups excluding tert-OH is 1. The molecule has 2 aliphatic rings. The lowest BCUT2D eigenvalue weighted by Crippen LogP contribution is -2.45. The van der Waals surface area contributed by atoms with Crippen molar-refractivity contribution in [2.24, 2.45) is 0 Å². The van der Waals surface area contributed by atoms with Gasteiger partial charge in [0, 0.05) is 6.54 Å². The van der Waals surface area contributed by atoms with Crippen LogP contribution in [0.25, 0.3) is 0 Å². The first-order chi connectivity index (χ1) is 9.09. The van der Waals surface area contributed by atoms with E-state index in [1.165, 1.54) is 4.90 Å². The molecular formula is C13H23N3O3. The van der Waals surface area contributed by atoms with Crippen LogP contribution in [0.1, 0.15) is 39.0 Å². The van der Waals surface area contributed by atoms with Gasteiger partial charge in [0.1, 0.15) is 5.54 Å². The standard InChI is InChI=1S/C13H23N3O3/c1-2-7-14-8-10(17)9-16-11(18)13(15-12(16)19)5-3-4-6-13/h10,14,17H,2-9H2,1H3,(H,15,19). The Hall–Kier alpha value is -1.14. The number of imide groups is 1. The van der Waals surface area contributed by atoms with Crippen LogP contribution in [0, 0.1) is 0 Å². The Morgan fingerprint density at radius 3 is 2.74 bits per heavy atom. The molecule has 108 valence electrons. The van der Waals surface area contributed by atoms with Crippen LogP contribution in [-0.2, 0) is 4.79 Å². The topological polar surface area (TPSA) is 81.7 Å². The van der Waals surface area contributed by atoms with E-state index in [0.29, 0.717) is 6.54 Å². The number of amides is 3. The molecule has 0 aromatic carbocycles. The predicted octanol–water partition coefficient (Wildman–Crippen LogP) is 0.212. The highest BCUT2D eigenvalue weighted by Crippen LogP contribution is 2.34. The fourth-order valence-electron chi connectivity index (χ4n) is 2.88. The molecule has 0 aromatic rings. The summed E-state index contributed by atoms with van der Waals surface area (Å²) < 4.78 is 0. The van der Waals surface area contributed by atoms with E-state index in [1.807, 2.05) is 6.92 Å². The predicted molar refractivity (Wildman–Crippen MR) is 70.6 cm³/mol. The van der Waals surface area contributed by atoms with Crippen molar-refractivity contribution >= 4 is 11.9 Å². The van der Waals surface area contributed by atoms with Crippen molar-refractivity contribution in [3.63, 3.8) is 0 Å². The quantitative estimate of drug-likeness (QED) is 0.475.